The number of carbonyl (C=O) groups excluding carboxylic acids is 1. The molecule has 8 heteroatoms. The van der Waals surface area contributed by atoms with E-state index in [9.17, 15) is 9.59 Å². The van der Waals surface area contributed by atoms with Crippen LogP contribution in [0.15, 0.2) is 65.5 Å². The molecule has 0 spiro atoms. The van der Waals surface area contributed by atoms with E-state index in [4.69, 9.17) is 18.9 Å². The minimum Gasteiger partial charge on any atom is -0.497 e. The Morgan fingerprint density at radius 1 is 0.872 bits per heavy atom. The van der Waals surface area contributed by atoms with Crippen LogP contribution in [0.4, 0.5) is 5.69 Å². The Kier molecular flexibility index (Phi) is 8.76. The van der Waals surface area contributed by atoms with Crippen molar-refractivity contribution < 1.29 is 23.7 Å². The summed E-state index contributed by atoms with van der Waals surface area (Å²) in [5, 5.41) is 0.890. The van der Waals surface area contributed by atoms with E-state index >= 15 is 0 Å². The van der Waals surface area contributed by atoms with E-state index in [0.29, 0.717) is 59.6 Å². The van der Waals surface area contributed by atoms with Crippen molar-refractivity contribution in [2.24, 2.45) is 0 Å². The normalized spacial score (nSPS) is 10.8. The Morgan fingerprint density at radius 2 is 1.54 bits per heavy atom. The molecule has 0 bridgehead atoms. The molecule has 3 aromatic carbocycles. The number of H-pyrrole nitrogens is 1. The van der Waals surface area contributed by atoms with Crippen LogP contribution in [0.1, 0.15) is 42.3 Å². The Hall–Kier alpha value is -4.46. The van der Waals surface area contributed by atoms with Crippen LogP contribution in [-0.2, 0) is 6.54 Å². The molecule has 0 atom stereocenters. The fourth-order valence-corrected chi connectivity index (χ4v) is 4.44. The lowest BCUT2D eigenvalue weighted by Crippen LogP contribution is -2.33. The van der Waals surface area contributed by atoms with Gasteiger partial charge in [0.2, 0.25) is 5.75 Å². The molecular weight excluding hydrogens is 496 g/mol. The number of carbonyl (C=O) groups is 1. The number of rotatable bonds is 11. The van der Waals surface area contributed by atoms with Crippen LogP contribution in [0, 0.1) is 6.92 Å². The maximum atomic E-state index is 14.2. The monoisotopic (exact) mass is 530 g/mol. The average molecular weight is 531 g/mol. The molecule has 1 heterocycles. The smallest absolute Gasteiger partial charge is 0.258 e. The van der Waals surface area contributed by atoms with Crippen molar-refractivity contribution in [2.45, 2.75) is 34.2 Å². The largest absolute Gasteiger partial charge is 0.497 e. The molecule has 0 aliphatic rings. The van der Waals surface area contributed by atoms with Crippen molar-refractivity contribution in [3.05, 3.63) is 87.7 Å². The lowest BCUT2D eigenvalue weighted by Gasteiger charge is -2.25. The number of hydrogen-bond acceptors (Lipinski definition) is 6. The summed E-state index contributed by atoms with van der Waals surface area (Å²) in [6.07, 6.45) is 0. The number of nitrogens with one attached hydrogen (secondary N) is 1. The second-order valence-electron chi connectivity index (χ2n) is 8.86. The molecule has 0 unspecified atom stereocenters. The van der Waals surface area contributed by atoms with Crippen molar-refractivity contribution in [3.63, 3.8) is 0 Å². The topological polar surface area (TPSA) is 90.1 Å². The molecule has 4 rings (SSSR count). The molecule has 1 amide bonds. The zero-order valence-corrected chi connectivity index (χ0v) is 23.0. The number of aromatic amines is 1. The van der Waals surface area contributed by atoms with Crippen molar-refractivity contribution in [2.75, 3.05) is 31.8 Å². The molecule has 0 saturated carbocycles. The first-order valence-corrected chi connectivity index (χ1v) is 13.0. The van der Waals surface area contributed by atoms with Gasteiger partial charge in [-0.2, -0.15) is 0 Å². The molecule has 39 heavy (non-hydrogen) atoms. The fraction of sp³-hybridized carbons (Fsp3) is 0.290. The van der Waals surface area contributed by atoms with E-state index in [1.54, 1.807) is 48.4 Å². The number of pyridine rings is 1. The molecule has 0 aliphatic carbocycles. The minimum atomic E-state index is -0.336. The summed E-state index contributed by atoms with van der Waals surface area (Å²) < 4.78 is 22.9. The number of methoxy groups -OCH3 is 1. The molecule has 0 saturated heterocycles. The first-order valence-electron chi connectivity index (χ1n) is 13.0. The summed E-state index contributed by atoms with van der Waals surface area (Å²) in [6, 6.07) is 18.1. The van der Waals surface area contributed by atoms with Gasteiger partial charge in [-0.25, -0.2) is 0 Å². The predicted octanol–water partition coefficient (Wildman–Crippen LogP) is 5.89. The van der Waals surface area contributed by atoms with Crippen molar-refractivity contribution in [1.29, 1.82) is 0 Å². The number of aromatic nitrogens is 1. The lowest BCUT2D eigenvalue weighted by atomic mass is 10.1. The molecule has 8 nitrogen and oxygen atoms in total. The lowest BCUT2D eigenvalue weighted by molar-refractivity contribution is 0.0984. The molecule has 0 fully saturated rings. The van der Waals surface area contributed by atoms with Crippen LogP contribution < -0.4 is 29.4 Å². The first-order chi connectivity index (χ1) is 18.9. The van der Waals surface area contributed by atoms with E-state index in [1.165, 1.54) is 0 Å². The standard InChI is InChI=1S/C31H34N2O6/c1-6-37-26-16-22(17-27(38-7-2)29(26)39-8-3)31(35)33(24-13-10-14-25(18-24)36-5)19-23-15-21-12-9-11-20(4)28(21)32-30(23)34/h9-18H,6-8,19H2,1-5H3,(H,32,34). The van der Waals surface area contributed by atoms with Gasteiger partial charge >= 0.3 is 0 Å². The highest BCUT2D eigenvalue weighted by Crippen LogP contribution is 2.40. The number of nitrogens with zero attached hydrogens (tertiary/aromatic N) is 1. The zero-order valence-electron chi connectivity index (χ0n) is 23.0. The van der Waals surface area contributed by atoms with Gasteiger partial charge < -0.3 is 28.8 Å². The van der Waals surface area contributed by atoms with Gasteiger partial charge in [0.05, 0.1) is 39.0 Å². The number of benzene rings is 3. The predicted molar refractivity (Wildman–Crippen MR) is 153 cm³/mol. The quantitative estimate of drug-likeness (QED) is 0.260. The number of anilines is 1. The molecule has 1 N–H and O–H groups in total. The number of fused-ring (bicyclic) bond motifs is 1. The van der Waals surface area contributed by atoms with Gasteiger partial charge in [0.1, 0.15) is 5.75 Å². The number of ether oxygens (including phenoxy) is 4. The third kappa shape index (κ3) is 6.00. The molecule has 0 radical (unpaired) electrons. The SMILES string of the molecule is CCOc1cc(C(=O)N(Cc2cc3cccc(C)c3[nH]c2=O)c2cccc(OC)c2)cc(OCC)c1OCC. The highest BCUT2D eigenvalue weighted by atomic mass is 16.5. The maximum absolute atomic E-state index is 14.2. The van der Waals surface area contributed by atoms with Gasteiger partial charge in [-0.05, 0) is 69.0 Å². The highest BCUT2D eigenvalue weighted by Gasteiger charge is 2.24. The number of amides is 1. The molecule has 1 aromatic heterocycles. The van der Waals surface area contributed by atoms with E-state index in [2.05, 4.69) is 4.98 Å². The van der Waals surface area contributed by atoms with E-state index < -0.39 is 0 Å². The van der Waals surface area contributed by atoms with Crippen LogP contribution >= 0.6 is 0 Å². The Labute approximate surface area is 228 Å². The second kappa shape index (κ2) is 12.4. The van der Waals surface area contributed by atoms with Crippen molar-refractivity contribution in [1.82, 2.24) is 4.98 Å². The summed E-state index contributed by atoms with van der Waals surface area (Å²) in [5.74, 6) is 1.53. The van der Waals surface area contributed by atoms with E-state index in [-0.39, 0.29) is 18.0 Å². The van der Waals surface area contributed by atoms with Crippen LogP contribution in [0.5, 0.6) is 23.0 Å². The molecular formula is C31H34N2O6. The van der Waals surface area contributed by atoms with Crippen LogP contribution in [0.2, 0.25) is 0 Å². The third-order valence-electron chi connectivity index (χ3n) is 6.26. The Balaban J connectivity index is 1.85. The molecule has 0 aliphatic heterocycles. The Bertz CT molecular complexity index is 1500. The van der Waals surface area contributed by atoms with Gasteiger partial charge in [0.25, 0.3) is 11.5 Å². The summed E-state index contributed by atoms with van der Waals surface area (Å²) in [7, 11) is 1.57. The van der Waals surface area contributed by atoms with Crippen LogP contribution in [0.25, 0.3) is 10.9 Å². The fourth-order valence-electron chi connectivity index (χ4n) is 4.44. The number of para-hydroxylation sites is 1. The molecule has 204 valence electrons. The number of aryl methyl sites for hydroxylation is 1. The minimum absolute atomic E-state index is 0.0341. The van der Waals surface area contributed by atoms with E-state index in [0.717, 1.165) is 16.5 Å². The highest BCUT2D eigenvalue weighted by molar-refractivity contribution is 6.07. The summed E-state index contributed by atoms with van der Waals surface area (Å²) in [4.78, 5) is 31.9. The third-order valence-corrected chi connectivity index (χ3v) is 6.26. The van der Waals surface area contributed by atoms with Gasteiger partial charge in [-0.3, -0.25) is 9.59 Å². The van der Waals surface area contributed by atoms with E-state index in [1.807, 2.05) is 52.0 Å². The van der Waals surface area contributed by atoms with Crippen LogP contribution in [-0.4, -0.2) is 37.8 Å². The summed E-state index contributed by atoms with van der Waals surface area (Å²) in [5.41, 5.74) is 2.85. The summed E-state index contributed by atoms with van der Waals surface area (Å²) >= 11 is 0. The Morgan fingerprint density at radius 3 is 2.18 bits per heavy atom. The van der Waals surface area contributed by atoms with Gasteiger partial charge in [-0.15, -0.1) is 0 Å². The van der Waals surface area contributed by atoms with Gasteiger partial charge in [0.15, 0.2) is 11.5 Å². The zero-order chi connectivity index (χ0) is 27.9. The first kappa shape index (κ1) is 27.6. The summed E-state index contributed by atoms with van der Waals surface area (Å²) in [6.45, 7) is 8.75. The number of hydrogen-bond donors (Lipinski definition) is 1. The van der Waals surface area contributed by atoms with Crippen LogP contribution in [0.3, 0.4) is 0 Å². The van der Waals surface area contributed by atoms with Crippen molar-refractivity contribution in [3.8, 4) is 23.0 Å². The maximum Gasteiger partial charge on any atom is 0.258 e. The second-order valence-corrected chi connectivity index (χ2v) is 8.86. The van der Waals surface area contributed by atoms with Crippen molar-refractivity contribution >= 4 is 22.5 Å². The van der Waals surface area contributed by atoms with Gasteiger partial charge in [0, 0.05) is 22.9 Å². The van der Waals surface area contributed by atoms with Gasteiger partial charge in [-0.1, -0.05) is 24.3 Å². The average Bonchev–Trinajstić information content (AvgIpc) is 2.94. The molecule has 4 aromatic rings.